The summed E-state index contributed by atoms with van der Waals surface area (Å²) in [7, 11) is -6.18. The van der Waals surface area contributed by atoms with E-state index >= 15 is 0 Å². The summed E-state index contributed by atoms with van der Waals surface area (Å²) in [4.78, 5) is 0. The number of rotatable bonds is 3. The molecule has 21 heavy (non-hydrogen) atoms. The van der Waals surface area contributed by atoms with Crippen LogP contribution in [0.1, 0.15) is 23.5 Å². The maximum absolute atomic E-state index is 13.7. The lowest BCUT2D eigenvalue weighted by Gasteiger charge is -2.31. The molecule has 1 N–H and O–H groups in total. The van der Waals surface area contributed by atoms with Gasteiger partial charge in [-0.05, 0) is 24.0 Å². The van der Waals surface area contributed by atoms with Gasteiger partial charge in [0.2, 0.25) is 0 Å². The molecule has 1 aliphatic carbocycles. The molecule has 0 aromatic heterocycles. The molecule has 1 aliphatic rings. The third kappa shape index (κ3) is 2.76. The molecule has 0 saturated carbocycles. The standard InChI is InChI=1S/C12H11F5O3S/c13-11(14,15)10(12(16,17)21(18,19)20)9-6-5-7-3-1-2-4-8(7)9/h1-4,9-10H,5-6H2,(H,18,19,20). The summed E-state index contributed by atoms with van der Waals surface area (Å²) in [5.74, 6) is -5.19. The van der Waals surface area contributed by atoms with Gasteiger partial charge in [0, 0.05) is 5.92 Å². The molecule has 2 unspecified atom stereocenters. The summed E-state index contributed by atoms with van der Waals surface area (Å²) >= 11 is 0. The summed E-state index contributed by atoms with van der Waals surface area (Å²) in [5, 5.41) is -5.30. The zero-order valence-electron chi connectivity index (χ0n) is 10.4. The number of halogens is 5. The molecule has 1 aromatic rings. The van der Waals surface area contributed by atoms with E-state index in [9.17, 15) is 30.4 Å². The van der Waals surface area contributed by atoms with E-state index in [0.717, 1.165) is 0 Å². The molecule has 3 nitrogen and oxygen atoms in total. The highest BCUT2D eigenvalue weighted by atomic mass is 32.2. The Labute approximate surface area is 117 Å². The van der Waals surface area contributed by atoms with Crippen LogP contribution in [-0.2, 0) is 16.5 Å². The Morgan fingerprint density at radius 2 is 1.71 bits per heavy atom. The van der Waals surface area contributed by atoms with Gasteiger partial charge in [0.25, 0.3) is 0 Å². The lowest BCUT2D eigenvalue weighted by Crippen LogP contribution is -2.47. The molecule has 0 radical (unpaired) electrons. The first-order valence-corrected chi connectivity index (χ1v) is 7.39. The number of fused-ring (bicyclic) bond motifs is 1. The topological polar surface area (TPSA) is 54.4 Å². The quantitative estimate of drug-likeness (QED) is 0.683. The molecule has 2 atom stereocenters. The Hall–Kier alpha value is -1.22. The van der Waals surface area contributed by atoms with E-state index in [1.165, 1.54) is 18.2 Å². The molecular formula is C12H11F5O3S. The van der Waals surface area contributed by atoms with Crippen molar-refractivity contribution in [3.05, 3.63) is 35.4 Å². The first kappa shape index (κ1) is 16.2. The predicted molar refractivity (Wildman–Crippen MR) is 63.5 cm³/mol. The van der Waals surface area contributed by atoms with E-state index in [1.807, 2.05) is 0 Å². The Balaban J connectivity index is 2.55. The maximum atomic E-state index is 13.7. The Kier molecular flexibility index (Phi) is 3.78. The fourth-order valence-corrected chi connectivity index (χ4v) is 3.37. The molecular weight excluding hydrogens is 319 g/mol. The fraction of sp³-hybridized carbons (Fsp3) is 0.500. The summed E-state index contributed by atoms with van der Waals surface area (Å²) in [5.41, 5.74) is 0.519. The van der Waals surface area contributed by atoms with Crippen molar-refractivity contribution in [3.8, 4) is 0 Å². The van der Waals surface area contributed by atoms with Crippen LogP contribution in [0.3, 0.4) is 0 Å². The van der Waals surface area contributed by atoms with E-state index in [4.69, 9.17) is 4.55 Å². The van der Waals surface area contributed by atoms with Crippen molar-refractivity contribution in [2.75, 3.05) is 0 Å². The van der Waals surface area contributed by atoms with E-state index in [-0.39, 0.29) is 18.4 Å². The van der Waals surface area contributed by atoms with Gasteiger partial charge in [-0.2, -0.15) is 30.4 Å². The van der Waals surface area contributed by atoms with Crippen molar-refractivity contribution in [2.45, 2.75) is 30.2 Å². The zero-order valence-corrected chi connectivity index (χ0v) is 11.3. The molecule has 0 aliphatic heterocycles. The number of hydrogen-bond donors (Lipinski definition) is 1. The summed E-state index contributed by atoms with van der Waals surface area (Å²) in [6.45, 7) is 0. The van der Waals surface area contributed by atoms with Gasteiger partial charge in [-0.25, -0.2) is 0 Å². The van der Waals surface area contributed by atoms with Crippen molar-refractivity contribution < 1.29 is 34.9 Å². The van der Waals surface area contributed by atoms with Gasteiger partial charge in [0.15, 0.2) is 0 Å². The van der Waals surface area contributed by atoms with Crippen LogP contribution in [0.5, 0.6) is 0 Å². The van der Waals surface area contributed by atoms with Gasteiger partial charge < -0.3 is 0 Å². The van der Waals surface area contributed by atoms with Crippen LogP contribution in [0.4, 0.5) is 22.0 Å². The maximum Gasteiger partial charge on any atom is 0.399 e. The lowest BCUT2D eigenvalue weighted by molar-refractivity contribution is -0.225. The van der Waals surface area contributed by atoms with Gasteiger partial charge in [-0.1, -0.05) is 24.3 Å². The number of aryl methyl sites for hydroxylation is 1. The minimum absolute atomic E-state index is 0.0446. The molecule has 118 valence electrons. The van der Waals surface area contributed by atoms with Crippen LogP contribution in [0.2, 0.25) is 0 Å². The minimum Gasteiger partial charge on any atom is -0.281 e. The SMILES string of the molecule is O=S(=O)(O)C(F)(F)C(C1CCc2ccccc21)C(F)(F)F. The second-order valence-electron chi connectivity index (χ2n) is 4.90. The minimum atomic E-state index is -6.18. The van der Waals surface area contributed by atoms with Crippen LogP contribution in [0, 0.1) is 5.92 Å². The van der Waals surface area contributed by atoms with E-state index in [0.29, 0.717) is 5.56 Å². The van der Waals surface area contributed by atoms with Crippen LogP contribution < -0.4 is 0 Å². The van der Waals surface area contributed by atoms with Gasteiger partial charge in [0.05, 0.1) is 0 Å². The highest BCUT2D eigenvalue weighted by molar-refractivity contribution is 7.86. The number of alkyl halides is 5. The largest absolute Gasteiger partial charge is 0.399 e. The van der Waals surface area contributed by atoms with Crippen LogP contribution in [0.15, 0.2) is 24.3 Å². The molecule has 0 bridgehead atoms. The van der Waals surface area contributed by atoms with Crippen LogP contribution in [0.25, 0.3) is 0 Å². The van der Waals surface area contributed by atoms with Crippen molar-refractivity contribution in [1.29, 1.82) is 0 Å². The predicted octanol–water partition coefficient (Wildman–Crippen LogP) is 3.38. The fourth-order valence-electron chi connectivity index (χ4n) is 2.75. The van der Waals surface area contributed by atoms with E-state index < -0.39 is 33.4 Å². The highest BCUT2D eigenvalue weighted by Gasteiger charge is 2.66. The monoisotopic (exact) mass is 330 g/mol. The molecule has 0 fully saturated rings. The van der Waals surface area contributed by atoms with Crippen molar-refractivity contribution in [3.63, 3.8) is 0 Å². The number of hydrogen-bond acceptors (Lipinski definition) is 2. The van der Waals surface area contributed by atoms with Gasteiger partial charge in [-0.15, -0.1) is 0 Å². The first-order valence-electron chi connectivity index (χ1n) is 5.95. The number of benzene rings is 1. The third-order valence-corrected chi connectivity index (χ3v) is 4.58. The molecule has 0 spiro atoms. The Bertz CT molecular complexity index is 639. The van der Waals surface area contributed by atoms with Crippen LogP contribution in [-0.4, -0.2) is 24.4 Å². The molecule has 9 heteroatoms. The Morgan fingerprint density at radius 1 is 1.14 bits per heavy atom. The van der Waals surface area contributed by atoms with Gasteiger partial charge >= 0.3 is 21.5 Å². The molecule has 0 saturated heterocycles. The third-order valence-electron chi connectivity index (χ3n) is 3.64. The summed E-state index contributed by atoms with van der Waals surface area (Å²) in [6.07, 6.45) is -5.58. The van der Waals surface area contributed by atoms with Crippen molar-refractivity contribution in [1.82, 2.24) is 0 Å². The van der Waals surface area contributed by atoms with Crippen molar-refractivity contribution in [2.24, 2.45) is 5.92 Å². The van der Waals surface area contributed by atoms with Gasteiger partial charge in [-0.3, -0.25) is 4.55 Å². The van der Waals surface area contributed by atoms with E-state index in [2.05, 4.69) is 0 Å². The van der Waals surface area contributed by atoms with Crippen molar-refractivity contribution >= 4 is 10.1 Å². The first-order chi connectivity index (χ1) is 9.46. The smallest absolute Gasteiger partial charge is 0.281 e. The van der Waals surface area contributed by atoms with Gasteiger partial charge in [0.1, 0.15) is 5.92 Å². The average molecular weight is 330 g/mol. The second-order valence-corrected chi connectivity index (χ2v) is 6.39. The lowest BCUT2D eigenvalue weighted by atomic mass is 9.86. The van der Waals surface area contributed by atoms with E-state index in [1.54, 1.807) is 6.07 Å². The molecule has 1 aromatic carbocycles. The van der Waals surface area contributed by atoms with Crippen LogP contribution >= 0.6 is 0 Å². The molecule has 0 amide bonds. The Morgan fingerprint density at radius 3 is 2.24 bits per heavy atom. The average Bonchev–Trinajstić information content (AvgIpc) is 2.70. The zero-order chi connectivity index (χ0) is 16.1. The molecule has 0 heterocycles. The summed E-state index contributed by atoms with van der Waals surface area (Å²) in [6, 6.07) is 5.74. The summed E-state index contributed by atoms with van der Waals surface area (Å²) < 4.78 is 96.4. The normalized spacial score (nSPS) is 21.1. The second kappa shape index (κ2) is 4.91. The molecule has 2 rings (SSSR count). The highest BCUT2D eigenvalue weighted by Crippen LogP contribution is 2.52.